The minimum Gasteiger partial charge on any atom is -0.481 e. The van der Waals surface area contributed by atoms with E-state index in [0.717, 1.165) is 5.56 Å². The molecule has 2 rings (SSSR count). The predicted molar refractivity (Wildman–Crippen MR) is 103 cm³/mol. The van der Waals surface area contributed by atoms with Crippen molar-refractivity contribution >= 4 is 29.9 Å². The van der Waals surface area contributed by atoms with Gasteiger partial charge in [0.05, 0.1) is 11.8 Å². The zero-order chi connectivity index (χ0) is 20.7. The van der Waals surface area contributed by atoms with E-state index in [0.29, 0.717) is 11.4 Å². The summed E-state index contributed by atoms with van der Waals surface area (Å²) >= 11 is 0. The zero-order valence-corrected chi connectivity index (χ0v) is 15.9. The Balaban J connectivity index is 2.15. The molecular weight excluding hydrogens is 362 g/mol. The quantitative estimate of drug-likeness (QED) is 0.561. The van der Waals surface area contributed by atoms with Gasteiger partial charge in [-0.25, -0.2) is 4.79 Å². The molecule has 1 aliphatic heterocycles. The smallest absolute Gasteiger partial charge is 0.343 e. The first kappa shape index (κ1) is 21.1. The molecule has 0 bridgehead atoms. The maximum absolute atomic E-state index is 12.7. The highest BCUT2D eigenvalue weighted by Crippen LogP contribution is 2.25. The highest BCUT2D eigenvalue weighted by atomic mass is 16.4. The third-order valence-electron chi connectivity index (χ3n) is 4.43. The van der Waals surface area contributed by atoms with Gasteiger partial charge in [0.2, 0.25) is 5.91 Å². The van der Waals surface area contributed by atoms with Gasteiger partial charge in [-0.2, -0.15) is 5.01 Å². The van der Waals surface area contributed by atoms with E-state index in [2.05, 4.69) is 10.7 Å². The van der Waals surface area contributed by atoms with E-state index in [4.69, 9.17) is 0 Å². The Kier molecular flexibility index (Phi) is 7.31. The lowest BCUT2D eigenvalue weighted by atomic mass is 9.82. The summed E-state index contributed by atoms with van der Waals surface area (Å²) in [4.78, 5) is 47.9. The first-order valence-corrected chi connectivity index (χ1v) is 9.15. The molecule has 1 fully saturated rings. The Hall–Kier alpha value is -3.16. The van der Waals surface area contributed by atoms with Gasteiger partial charge in [0, 0.05) is 0 Å². The van der Waals surface area contributed by atoms with Crippen molar-refractivity contribution in [1.29, 1.82) is 0 Å². The molecule has 1 heterocycles. The molecule has 0 radical (unpaired) electrons. The van der Waals surface area contributed by atoms with Crippen molar-refractivity contribution in [3.8, 4) is 0 Å². The second kappa shape index (κ2) is 9.68. The maximum Gasteiger partial charge on any atom is 0.343 e. The number of urea groups is 1. The van der Waals surface area contributed by atoms with Gasteiger partial charge in [-0.3, -0.25) is 19.8 Å². The molecule has 4 amide bonds. The molecule has 1 aromatic rings. The monoisotopic (exact) mass is 387 g/mol. The molecule has 1 aliphatic rings. The zero-order valence-electron chi connectivity index (χ0n) is 15.9. The van der Waals surface area contributed by atoms with Gasteiger partial charge in [-0.1, -0.05) is 56.3 Å². The number of benzene rings is 1. The summed E-state index contributed by atoms with van der Waals surface area (Å²) in [5.74, 6) is -4.16. The number of hydrogen-bond acceptors (Lipinski definition) is 4. The van der Waals surface area contributed by atoms with Crippen LogP contribution in [-0.4, -0.2) is 40.5 Å². The fourth-order valence-corrected chi connectivity index (χ4v) is 3.04. The van der Waals surface area contributed by atoms with Crippen molar-refractivity contribution in [1.82, 2.24) is 15.8 Å². The van der Waals surface area contributed by atoms with Crippen LogP contribution in [0.3, 0.4) is 0 Å². The number of aliphatic carboxylic acids is 1. The molecule has 8 nitrogen and oxygen atoms in total. The number of carbonyl (C=O) groups is 4. The molecule has 1 aromatic carbocycles. The summed E-state index contributed by atoms with van der Waals surface area (Å²) in [5.41, 5.74) is 3.20. The molecular formula is C20H25N3O5. The molecule has 150 valence electrons. The second-order valence-corrected chi connectivity index (χ2v) is 7.09. The largest absolute Gasteiger partial charge is 0.481 e. The summed E-state index contributed by atoms with van der Waals surface area (Å²) in [7, 11) is 0. The van der Waals surface area contributed by atoms with Crippen molar-refractivity contribution in [3.05, 3.63) is 42.0 Å². The average Bonchev–Trinajstić information content (AvgIpc) is 2.96. The van der Waals surface area contributed by atoms with E-state index in [9.17, 15) is 24.3 Å². The Labute approximate surface area is 163 Å². The summed E-state index contributed by atoms with van der Waals surface area (Å²) < 4.78 is 0. The highest BCUT2D eigenvalue weighted by Gasteiger charge is 2.37. The lowest BCUT2D eigenvalue weighted by molar-refractivity contribution is -0.149. The fraction of sp³-hybridized carbons (Fsp3) is 0.400. The van der Waals surface area contributed by atoms with Crippen molar-refractivity contribution in [2.75, 3.05) is 6.54 Å². The van der Waals surface area contributed by atoms with Crippen LogP contribution in [0.1, 0.15) is 32.3 Å². The first-order valence-electron chi connectivity index (χ1n) is 9.15. The van der Waals surface area contributed by atoms with Crippen LogP contribution in [0.25, 0.3) is 6.08 Å². The average molecular weight is 387 g/mol. The molecule has 1 saturated heterocycles. The minimum atomic E-state index is -1.10. The van der Waals surface area contributed by atoms with E-state index < -0.39 is 35.7 Å². The van der Waals surface area contributed by atoms with Crippen LogP contribution < -0.4 is 10.7 Å². The van der Waals surface area contributed by atoms with Crippen LogP contribution in [0.2, 0.25) is 0 Å². The van der Waals surface area contributed by atoms with Gasteiger partial charge in [0.15, 0.2) is 0 Å². The van der Waals surface area contributed by atoms with Crippen molar-refractivity contribution in [2.24, 2.45) is 17.8 Å². The summed E-state index contributed by atoms with van der Waals surface area (Å²) in [6.07, 6.45) is 3.99. The normalized spacial score (nSPS) is 16.3. The Bertz CT molecular complexity index is 744. The second-order valence-electron chi connectivity index (χ2n) is 7.09. The molecule has 28 heavy (non-hydrogen) atoms. The summed E-state index contributed by atoms with van der Waals surface area (Å²) in [6, 6.07) is 8.70. The van der Waals surface area contributed by atoms with Crippen LogP contribution >= 0.6 is 0 Å². The highest BCUT2D eigenvalue weighted by molar-refractivity contribution is 6.03. The van der Waals surface area contributed by atoms with Crippen LogP contribution in [-0.2, 0) is 14.4 Å². The van der Waals surface area contributed by atoms with E-state index in [1.54, 1.807) is 12.2 Å². The summed E-state index contributed by atoms with van der Waals surface area (Å²) in [6.45, 7) is 3.57. The number of rotatable bonds is 9. The van der Waals surface area contributed by atoms with E-state index >= 15 is 0 Å². The van der Waals surface area contributed by atoms with Crippen molar-refractivity contribution in [3.63, 3.8) is 0 Å². The molecule has 0 spiro atoms. The topological polar surface area (TPSA) is 116 Å². The van der Waals surface area contributed by atoms with Crippen LogP contribution in [0.15, 0.2) is 36.4 Å². The van der Waals surface area contributed by atoms with E-state index in [1.165, 1.54) is 0 Å². The van der Waals surface area contributed by atoms with Crippen molar-refractivity contribution < 1.29 is 24.3 Å². The third-order valence-corrected chi connectivity index (χ3v) is 4.43. The van der Waals surface area contributed by atoms with Gasteiger partial charge in [0.1, 0.15) is 6.54 Å². The Morgan fingerprint density at radius 3 is 2.43 bits per heavy atom. The lowest BCUT2D eigenvalue weighted by Crippen LogP contribution is -2.50. The van der Waals surface area contributed by atoms with Gasteiger partial charge >= 0.3 is 12.0 Å². The summed E-state index contributed by atoms with van der Waals surface area (Å²) in [5, 5.41) is 12.6. The van der Waals surface area contributed by atoms with E-state index in [-0.39, 0.29) is 18.9 Å². The number of allylic oxidation sites excluding steroid dienone is 1. The number of carboxylic acids is 1. The standard InChI is InChI=1S/C20H25N3O5/c1-13(2)11-16(18(25)22-23-17(24)12-21-20(23)28)15(19(26)27)10-6-9-14-7-4-3-5-8-14/h3-9,13,15-16H,10-12H2,1-2H3,(H,21,28)(H,22,25)(H,26,27)/b9-6-/t15-,16?/m1/s1. The number of carboxylic acid groups (broad SMARTS) is 1. The third kappa shape index (κ3) is 5.67. The van der Waals surface area contributed by atoms with Crippen LogP contribution in [0.5, 0.6) is 0 Å². The SMILES string of the molecule is CC(C)CC(C(=O)NN1C(=O)CNC1=O)[C@@H](C/C=C\c1ccccc1)C(=O)O. The number of hydrogen-bond donors (Lipinski definition) is 3. The number of nitrogens with one attached hydrogen (secondary N) is 2. The van der Waals surface area contributed by atoms with Crippen LogP contribution in [0, 0.1) is 17.8 Å². The Morgan fingerprint density at radius 1 is 1.21 bits per heavy atom. The van der Waals surface area contributed by atoms with Gasteiger partial charge < -0.3 is 10.4 Å². The van der Waals surface area contributed by atoms with Gasteiger partial charge in [-0.05, 0) is 24.3 Å². The van der Waals surface area contributed by atoms with Gasteiger partial charge in [-0.15, -0.1) is 0 Å². The molecule has 2 atom stereocenters. The molecule has 0 aromatic heterocycles. The molecule has 8 heteroatoms. The van der Waals surface area contributed by atoms with E-state index in [1.807, 2.05) is 44.2 Å². The lowest BCUT2D eigenvalue weighted by Gasteiger charge is -2.25. The molecule has 3 N–H and O–H groups in total. The molecule has 1 unspecified atom stereocenters. The maximum atomic E-state index is 12.7. The number of imide groups is 1. The fourth-order valence-electron chi connectivity index (χ4n) is 3.04. The van der Waals surface area contributed by atoms with Gasteiger partial charge in [0.25, 0.3) is 5.91 Å². The molecule has 0 saturated carbocycles. The van der Waals surface area contributed by atoms with Crippen LogP contribution in [0.4, 0.5) is 4.79 Å². The predicted octanol–water partition coefficient (Wildman–Crippen LogP) is 2.04. The number of amides is 4. The molecule has 0 aliphatic carbocycles. The van der Waals surface area contributed by atoms with Crippen molar-refractivity contribution in [2.45, 2.75) is 26.7 Å². The number of nitrogens with zero attached hydrogens (tertiary/aromatic N) is 1. The minimum absolute atomic E-state index is 0.0545. The Morgan fingerprint density at radius 2 is 1.89 bits per heavy atom. The number of hydrazine groups is 1. The number of carbonyl (C=O) groups excluding carboxylic acids is 3. The first-order chi connectivity index (χ1) is 13.3.